The van der Waals surface area contributed by atoms with Crippen LogP contribution in [0.4, 0.5) is 0 Å². The van der Waals surface area contributed by atoms with Crippen LogP contribution in [0.15, 0.2) is 24.3 Å². The van der Waals surface area contributed by atoms with E-state index in [0.717, 1.165) is 6.42 Å². The van der Waals surface area contributed by atoms with Gasteiger partial charge in [0, 0.05) is 16.7 Å². The van der Waals surface area contributed by atoms with E-state index >= 15 is 0 Å². The standard InChI is InChI=1S/C20H32O4/c1-6-18(4)9-10-20(24)12(11-18)14(22)15(23)16-17(2,3)8-7-13(21)19(16,20)5/h6,11,13-16,21-24H,1,7-10H2,2-5H3/t13-,14+,15+,16+,18+,19+,20-/m1/s1. The quantitative estimate of drug-likeness (QED) is 0.553. The molecule has 4 N–H and O–H groups in total. The van der Waals surface area contributed by atoms with Crippen LogP contribution >= 0.6 is 0 Å². The van der Waals surface area contributed by atoms with E-state index in [4.69, 9.17) is 0 Å². The van der Waals surface area contributed by atoms with Crippen LogP contribution in [0.3, 0.4) is 0 Å². The molecule has 2 fully saturated rings. The first kappa shape index (κ1) is 18.1. The van der Waals surface area contributed by atoms with Gasteiger partial charge in [0.1, 0.15) is 6.10 Å². The predicted molar refractivity (Wildman–Crippen MR) is 93.2 cm³/mol. The summed E-state index contributed by atoms with van der Waals surface area (Å²) in [6, 6.07) is 0. The molecule has 0 aromatic heterocycles. The summed E-state index contributed by atoms with van der Waals surface area (Å²) in [4.78, 5) is 0. The number of aliphatic hydroxyl groups is 4. The van der Waals surface area contributed by atoms with Gasteiger partial charge >= 0.3 is 0 Å². The third kappa shape index (κ3) is 2.06. The first-order chi connectivity index (χ1) is 10.9. The molecule has 0 saturated heterocycles. The van der Waals surface area contributed by atoms with Crippen molar-refractivity contribution in [3.8, 4) is 0 Å². The Labute approximate surface area is 144 Å². The molecular weight excluding hydrogens is 304 g/mol. The van der Waals surface area contributed by atoms with Gasteiger partial charge < -0.3 is 20.4 Å². The lowest BCUT2D eigenvalue weighted by Gasteiger charge is -2.66. The van der Waals surface area contributed by atoms with E-state index in [0.29, 0.717) is 24.8 Å². The van der Waals surface area contributed by atoms with Crippen LogP contribution in [0.1, 0.15) is 53.4 Å². The molecule has 136 valence electrons. The van der Waals surface area contributed by atoms with Crippen molar-refractivity contribution >= 4 is 0 Å². The normalized spacial score (nSPS) is 53.6. The number of hydrogen-bond acceptors (Lipinski definition) is 4. The fourth-order valence-electron chi connectivity index (χ4n) is 5.91. The van der Waals surface area contributed by atoms with Gasteiger partial charge in [0.15, 0.2) is 0 Å². The molecule has 0 bridgehead atoms. The molecule has 3 aliphatic carbocycles. The van der Waals surface area contributed by atoms with E-state index in [9.17, 15) is 20.4 Å². The summed E-state index contributed by atoms with van der Waals surface area (Å²) in [5.41, 5.74) is -2.33. The van der Waals surface area contributed by atoms with Gasteiger partial charge in [-0.1, -0.05) is 39.8 Å². The maximum absolute atomic E-state index is 11.7. The van der Waals surface area contributed by atoms with Crippen molar-refractivity contribution in [2.45, 2.75) is 77.3 Å². The maximum atomic E-state index is 11.7. The second kappa shape index (κ2) is 5.16. The van der Waals surface area contributed by atoms with Gasteiger partial charge in [-0.15, -0.1) is 6.58 Å². The highest BCUT2D eigenvalue weighted by atomic mass is 16.3. The molecule has 3 rings (SSSR count). The van der Waals surface area contributed by atoms with Crippen LogP contribution in [0, 0.1) is 22.2 Å². The summed E-state index contributed by atoms with van der Waals surface area (Å²) < 4.78 is 0. The third-order valence-corrected chi connectivity index (χ3v) is 7.57. The zero-order chi connectivity index (χ0) is 18.1. The first-order valence-electron chi connectivity index (χ1n) is 9.06. The van der Waals surface area contributed by atoms with Gasteiger partial charge in [0.25, 0.3) is 0 Å². The van der Waals surface area contributed by atoms with Crippen molar-refractivity contribution in [2.24, 2.45) is 22.2 Å². The van der Waals surface area contributed by atoms with Gasteiger partial charge in [-0.05, 0) is 36.7 Å². The minimum absolute atomic E-state index is 0.269. The van der Waals surface area contributed by atoms with Gasteiger partial charge in [-0.2, -0.15) is 0 Å². The number of allylic oxidation sites excluding steroid dienone is 2. The van der Waals surface area contributed by atoms with Crippen LogP contribution in [0.2, 0.25) is 0 Å². The van der Waals surface area contributed by atoms with Gasteiger partial charge in [0.2, 0.25) is 0 Å². The number of fused-ring (bicyclic) bond motifs is 3. The van der Waals surface area contributed by atoms with Crippen molar-refractivity contribution in [2.75, 3.05) is 0 Å². The number of hydrogen-bond donors (Lipinski definition) is 4. The monoisotopic (exact) mass is 336 g/mol. The van der Waals surface area contributed by atoms with Crippen LogP contribution in [-0.4, -0.2) is 44.3 Å². The summed E-state index contributed by atoms with van der Waals surface area (Å²) in [6.07, 6.45) is 3.38. The van der Waals surface area contributed by atoms with Crippen LogP contribution in [0.5, 0.6) is 0 Å². The average molecular weight is 336 g/mol. The molecule has 0 aliphatic heterocycles. The number of rotatable bonds is 1. The molecule has 24 heavy (non-hydrogen) atoms. The minimum atomic E-state index is -1.31. The fraction of sp³-hybridized carbons (Fsp3) is 0.800. The molecule has 0 aromatic carbocycles. The molecule has 4 nitrogen and oxygen atoms in total. The lowest BCUT2D eigenvalue weighted by Crippen LogP contribution is -2.73. The molecule has 0 aromatic rings. The SMILES string of the molecule is C=C[C@]1(C)C=C2[C@H](O)[C@H](O)[C@H]3C(C)(C)CC[C@@H](O)[C@]3(C)[C@@]2(O)CC1. The first-order valence-corrected chi connectivity index (χ1v) is 9.06. The van der Waals surface area contributed by atoms with E-state index in [2.05, 4.69) is 20.4 Å². The lowest BCUT2D eigenvalue weighted by molar-refractivity contribution is -0.259. The molecular formula is C20H32O4. The molecule has 3 aliphatic rings. The molecule has 7 atom stereocenters. The summed E-state index contributed by atoms with van der Waals surface area (Å²) in [5, 5.41) is 44.4. The van der Waals surface area contributed by atoms with Crippen molar-refractivity contribution in [3.63, 3.8) is 0 Å². The second-order valence-corrected chi connectivity index (χ2v) is 9.41. The van der Waals surface area contributed by atoms with Crippen molar-refractivity contribution in [3.05, 3.63) is 24.3 Å². The van der Waals surface area contributed by atoms with Gasteiger partial charge in [0.05, 0.1) is 17.8 Å². The summed E-state index contributed by atoms with van der Waals surface area (Å²) >= 11 is 0. The van der Waals surface area contributed by atoms with Crippen molar-refractivity contribution < 1.29 is 20.4 Å². The molecule has 2 saturated carbocycles. The topological polar surface area (TPSA) is 80.9 Å². The zero-order valence-corrected chi connectivity index (χ0v) is 15.3. The highest BCUT2D eigenvalue weighted by Gasteiger charge is 2.69. The maximum Gasteiger partial charge on any atom is 0.104 e. The molecule has 0 amide bonds. The van der Waals surface area contributed by atoms with E-state index in [1.54, 1.807) is 0 Å². The second-order valence-electron chi connectivity index (χ2n) is 9.41. The Bertz CT molecular complexity index is 582. The van der Waals surface area contributed by atoms with Crippen LogP contribution in [-0.2, 0) is 0 Å². The van der Waals surface area contributed by atoms with Crippen LogP contribution < -0.4 is 0 Å². The number of aliphatic hydroxyl groups excluding tert-OH is 3. The Hall–Kier alpha value is -0.680. The Morgan fingerprint density at radius 2 is 1.71 bits per heavy atom. The summed E-state index contributed by atoms with van der Waals surface area (Å²) in [7, 11) is 0. The molecule has 0 radical (unpaired) electrons. The molecule has 0 spiro atoms. The minimum Gasteiger partial charge on any atom is -0.392 e. The fourth-order valence-corrected chi connectivity index (χ4v) is 5.91. The Morgan fingerprint density at radius 3 is 2.29 bits per heavy atom. The average Bonchev–Trinajstić information content (AvgIpc) is 2.52. The van der Waals surface area contributed by atoms with Crippen LogP contribution in [0.25, 0.3) is 0 Å². The van der Waals surface area contributed by atoms with Gasteiger partial charge in [-0.25, -0.2) is 0 Å². The van der Waals surface area contributed by atoms with E-state index < -0.39 is 29.3 Å². The lowest BCUT2D eigenvalue weighted by atomic mass is 9.41. The smallest absolute Gasteiger partial charge is 0.104 e. The van der Waals surface area contributed by atoms with Gasteiger partial charge in [-0.3, -0.25) is 0 Å². The Kier molecular flexibility index (Phi) is 3.90. The summed E-state index contributed by atoms with van der Waals surface area (Å²) in [5.74, 6) is -0.376. The third-order valence-electron chi connectivity index (χ3n) is 7.57. The molecule has 4 heteroatoms. The molecule has 0 unspecified atom stereocenters. The highest BCUT2D eigenvalue weighted by Crippen LogP contribution is 2.65. The van der Waals surface area contributed by atoms with E-state index in [-0.39, 0.29) is 16.7 Å². The summed E-state index contributed by atoms with van der Waals surface area (Å²) in [6.45, 7) is 11.9. The van der Waals surface area contributed by atoms with Crippen molar-refractivity contribution in [1.29, 1.82) is 0 Å². The Balaban J connectivity index is 2.22. The van der Waals surface area contributed by atoms with Crippen molar-refractivity contribution in [1.82, 2.24) is 0 Å². The van der Waals surface area contributed by atoms with E-state index in [1.807, 2.05) is 26.0 Å². The predicted octanol–water partition coefficient (Wildman–Crippen LogP) is 2.17. The Morgan fingerprint density at radius 1 is 1.08 bits per heavy atom. The largest absolute Gasteiger partial charge is 0.392 e. The zero-order valence-electron chi connectivity index (χ0n) is 15.3. The highest BCUT2D eigenvalue weighted by molar-refractivity contribution is 5.39. The molecule has 0 heterocycles. The van der Waals surface area contributed by atoms with E-state index in [1.165, 1.54) is 0 Å².